The van der Waals surface area contributed by atoms with Crippen LogP contribution >= 0.6 is 0 Å². The normalized spacial score (nSPS) is 15.1. The van der Waals surface area contributed by atoms with Gasteiger partial charge < -0.3 is 19.7 Å². The molecule has 1 fully saturated rings. The van der Waals surface area contributed by atoms with Crippen molar-refractivity contribution in [2.45, 2.75) is 39.2 Å². The third-order valence-corrected chi connectivity index (χ3v) is 5.11. The molecule has 0 aliphatic carbocycles. The number of aromatic nitrogens is 2. The standard InChI is InChI=1S/C20H30N4O3/c1-4-24-19(25)15-9-10-16(18(26-3)17(15)22-20(24)21-2)27-14-8-13-23-11-6-5-7-12-23/h9-10H,4-8,11-14H2,1-3H3,(H,21,22). The van der Waals surface area contributed by atoms with Crippen molar-refractivity contribution >= 4 is 16.9 Å². The minimum absolute atomic E-state index is 0.0817. The predicted molar refractivity (Wildman–Crippen MR) is 108 cm³/mol. The zero-order chi connectivity index (χ0) is 19.2. The summed E-state index contributed by atoms with van der Waals surface area (Å²) in [6.45, 7) is 6.53. The molecule has 1 aromatic heterocycles. The minimum atomic E-state index is -0.0817. The molecule has 1 aliphatic heterocycles. The van der Waals surface area contributed by atoms with Crippen LogP contribution in [0.5, 0.6) is 11.5 Å². The second-order valence-electron chi connectivity index (χ2n) is 6.83. The van der Waals surface area contributed by atoms with Crippen molar-refractivity contribution in [1.29, 1.82) is 0 Å². The summed E-state index contributed by atoms with van der Waals surface area (Å²) in [7, 11) is 3.34. The highest BCUT2D eigenvalue weighted by Gasteiger charge is 2.17. The van der Waals surface area contributed by atoms with E-state index in [4.69, 9.17) is 9.47 Å². The quantitative estimate of drug-likeness (QED) is 0.717. The van der Waals surface area contributed by atoms with Gasteiger partial charge in [-0.05, 0) is 51.4 Å². The lowest BCUT2D eigenvalue weighted by Gasteiger charge is -2.26. The molecule has 0 atom stereocenters. The second kappa shape index (κ2) is 9.08. The van der Waals surface area contributed by atoms with Gasteiger partial charge in [0.25, 0.3) is 5.56 Å². The summed E-state index contributed by atoms with van der Waals surface area (Å²) in [5.41, 5.74) is 0.451. The molecule has 0 amide bonds. The molecule has 0 spiro atoms. The Morgan fingerprint density at radius 3 is 2.67 bits per heavy atom. The van der Waals surface area contributed by atoms with Crippen LogP contribution in [0.4, 0.5) is 5.95 Å². The van der Waals surface area contributed by atoms with Crippen LogP contribution in [-0.2, 0) is 6.54 Å². The topological polar surface area (TPSA) is 68.6 Å². The number of likely N-dealkylation sites (tertiary alicyclic amines) is 1. The largest absolute Gasteiger partial charge is 0.491 e. The number of ether oxygens (including phenoxy) is 2. The van der Waals surface area contributed by atoms with E-state index in [9.17, 15) is 4.79 Å². The Kier molecular flexibility index (Phi) is 6.55. The highest BCUT2D eigenvalue weighted by atomic mass is 16.5. The van der Waals surface area contributed by atoms with Crippen LogP contribution < -0.4 is 20.3 Å². The SMILES string of the molecule is CCn1c(NC)nc2c(OC)c(OCCCN3CCCCC3)ccc2c1=O. The molecule has 1 aliphatic rings. The van der Waals surface area contributed by atoms with E-state index in [2.05, 4.69) is 15.2 Å². The van der Waals surface area contributed by atoms with Crippen molar-refractivity contribution in [3.8, 4) is 11.5 Å². The molecule has 0 bridgehead atoms. The van der Waals surface area contributed by atoms with E-state index in [0.717, 1.165) is 13.0 Å². The van der Waals surface area contributed by atoms with Gasteiger partial charge in [-0.2, -0.15) is 0 Å². The molecule has 1 N–H and O–H groups in total. The number of hydrogen-bond acceptors (Lipinski definition) is 6. The zero-order valence-corrected chi connectivity index (χ0v) is 16.6. The monoisotopic (exact) mass is 374 g/mol. The Morgan fingerprint density at radius 2 is 2.00 bits per heavy atom. The molecule has 0 unspecified atom stereocenters. The van der Waals surface area contributed by atoms with Crippen molar-refractivity contribution in [2.75, 3.05) is 45.7 Å². The molecule has 1 aromatic carbocycles. The first kappa shape index (κ1) is 19.5. The number of anilines is 1. The number of rotatable bonds is 8. The fourth-order valence-corrected chi connectivity index (χ4v) is 3.69. The zero-order valence-electron chi connectivity index (χ0n) is 16.6. The molecule has 7 nitrogen and oxygen atoms in total. The van der Waals surface area contributed by atoms with E-state index in [1.165, 1.54) is 32.4 Å². The van der Waals surface area contributed by atoms with Crippen molar-refractivity contribution < 1.29 is 9.47 Å². The summed E-state index contributed by atoms with van der Waals surface area (Å²) >= 11 is 0. The van der Waals surface area contributed by atoms with Gasteiger partial charge in [0.1, 0.15) is 5.52 Å². The maximum Gasteiger partial charge on any atom is 0.262 e. The van der Waals surface area contributed by atoms with Crippen molar-refractivity contribution in [3.05, 3.63) is 22.5 Å². The maximum atomic E-state index is 12.7. The molecule has 7 heteroatoms. The van der Waals surface area contributed by atoms with E-state index in [1.807, 2.05) is 13.0 Å². The molecule has 148 valence electrons. The maximum absolute atomic E-state index is 12.7. The summed E-state index contributed by atoms with van der Waals surface area (Å²) in [5.74, 6) is 1.67. The molecule has 0 radical (unpaired) electrons. The Bertz CT molecular complexity index is 828. The summed E-state index contributed by atoms with van der Waals surface area (Å²) in [6, 6.07) is 3.59. The molecule has 2 heterocycles. The van der Waals surface area contributed by atoms with Crippen LogP contribution in [0.25, 0.3) is 10.9 Å². The minimum Gasteiger partial charge on any atom is -0.491 e. The van der Waals surface area contributed by atoms with Gasteiger partial charge in [-0.3, -0.25) is 9.36 Å². The lowest BCUT2D eigenvalue weighted by molar-refractivity contribution is 0.203. The molecule has 1 saturated heterocycles. The van der Waals surface area contributed by atoms with Gasteiger partial charge in [-0.1, -0.05) is 6.42 Å². The average Bonchev–Trinajstić information content (AvgIpc) is 2.71. The fraction of sp³-hybridized carbons (Fsp3) is 0.600. The van der Waals surface area contributed by atoms with Gasteiger partial charge >= 0.3 is 0 Å². The number of hydrogen-bond donors (Lipinski definition) is 1. The molecule has 2 aromatic rings. The van der Waals surface area contributed by atoms with Crippen LogP contribution in [0.2, 0.25) is 0 Å². The number of piperidine rings is 1. The van der Waals surface area contributed by atoms with Gasteiger partial charge in [0.15, 0.2) is 11.5 Å². The van der Waals surface area contributed by atoms with Gasteiger partial charge in [0, 0.05) is 20.1 Å². The number of benzene rings is 1. The first-order valence-electron chi connectivity index (χ1n) is 9.84. The van der Waals surface area contributed by atoms with Crippen LogP contribution in [-0.4, -0.2) is 54.8 Å². The Balaban J connectivity index is 1.78. The van der Waals surface area contributed by atoms with Crippen LogP contribution in [0, 0.1) is 0 Å². The van der Waals surface area contributed by atoms with Gasteiger partial charge in [0.2, 0.25) is 5.95 Å². The van der Waals surface area contributed by atoms with Crippen LogP contribution in [0.1, 0.15) is 32.6 Å². The number of fused-ring (bicyclic) bond motifs is 1. The number of nitrogens with one attached hydrogen (secondary N) is 1. The van der Waals surface area contributed by atoms with Gasteiger partial charge in [0.05, 0.1) is 19.1 Å². The molecular weight excluding hydrogens is 344 g/mol. The van der Waals surface area contributed by atoms with Crippen molar-refractivity contribution in [3.63, 3.8) is 0 Å². The lowest BCUT2D eigenvalue weighted by atomic mass is 10.1. The second-order valence-corrected chi connectivity index (χ2v) is 6.83. The molecule has 27 heavy (non-hydrogen) atoms. The third-order valence-electron chi connectivity index (χ3n) is 5.11. The molecule has 3 rings (SSSR count). The van der Waals surface area contributed by atoms with Gasteiger partial charge in [-0.25, -0.2) is 4.98 Å². The highest BCUT2D eigenvalue weighted by Crippen LogP contribution is 2.33. The van der Waals surface area contributed by atoms with E-state index < -0.39 is 0 Å². The van der Waals surface area contributed by atoms with Crippen molar-refractivity contribution in [2.24, 2.45) is 0 Å². The fourth-order valence-electron chi connectivity index (χ4n) is 3.69. The average molecular weight is 374 g/mol. The highest BCUT2D eigenvalue weighted by molar-refractivity contribution is 5.87. The van der Waals surface area contributed by atoms with E-state index in [0.29, 0.717) is 41.5 Å². The van der Waals surface area contributed by atoms with Gasteiger partial charge in [-0.15, -0.1) is 0 Å². The summed E-state index contributed by atoms with van der Waals surface area (Å²) in [4.78, 5) is 19.8. The molecular formula is C20H30N4O3. The smallest absolute Gasteiger partial charge is 0.262 e. The first-order chi connectivity index (χ1) is 13.2. The number of nitrogens with zero attached hydrogens (tertiary/aromatic N) is 3. The summed E-state index contributed by atoms with van der Waals surface area (Å²) < 4.78 is 13.1. The lowest BCUT2D eigenvalue weighted by Crippen LogP contribution is -2.31. The Labute approximate surface area is 160 Å². The summed E-state index contributed by atoms with van der Waals surface area (Å²) in [5, 5.41) is 3.52. The molecule has 0 saturated carbocycles. The predicted octanol–water partition coefficient (Wildman–Crippen LogP) is 2.72. The van der Waals surface area contributed by atoms with E-state index in [1.54, 1.807) is 24.8 Å². The third kappa shape index (κ3) is 4.18. The van der Waals surface area contributed by atoms with Crippen LogP contribution in [0.15, 0.2) is 16.9 Å². The number of methoxy groups -OCH3 is 1. The van der Waals surface area contributed by atoms with Crippen molar-refractivity contribution in [1.82, 2.24) is 14.5 Å². The summed E-state index contributed by atoms with van der Waals surface area (Å²) in [6.07, 6.45) is 4.92. The van der Waals surface area contributed by atoms with Crippen LogP contribution in [0.3, 0.4) is 0 Å². The first-order valence-corrected chi connectivity index (χ1v) is 9.84. The Hall–Kier alpha value is -2.28. The Morgan fingerprint density at radius 1 is 1.22 bits per heavy atom. The van der Waals surface area contributed by atoms with E-state index >= 15 is 0 Å². The van der Waals surface area contributed by atoms with E-state index in [-0.39, 0.29) is 5.56 Å².